The zero-order chi connectivity index (χ0) is 11.8. The summed E-state index contributed by atoms with van der Waals surface area (Å²) in [6.45, 7) is 0.713. The van der Waals surface area contributed by atoms with E-state index in [1.165, 1.54) is 8.96 Å². The lowest BCUT2D eigenvalue weighted by molar-refractivity contribution is 0.667. The number of rotatable bonds is 2. The molecule has 0 saturated carbocycles. The smallest absolute Gasteiger partial charge is 0.0857 e. The molecule has 0 aliphatic rings. The van der Waals surface area contributed by atoms with E-state index in [1.54, 1.807) is 0 Å². The van der Waals surface area contributed by atoms with Crippen molar-refractivity contribution >= 4 is 33.5 Å². The molecular weight excluding hydrogens is 327 g/mol. The van der Waals surface area contributed by atoms with Gasteiger partial charge in [0.15, 0.2) is 0 Å². The molecule has 1 aromatic carbocycles. The fraction of sp³-hybridized carbons (Fsp3) is 0.167. The van der Waals surface area contributed by atoms with Gasteiger partial charge in [0, 0.05) is 22.2 Å². The summed E-state index contributed by atoms with van der Waals surface area (Å²) >= 11 is 2.31. The van der Waals surface area contributed by atoms with E-state index >= 15 is 0 Å². The normalized spacial score (nSPS) is 11.2. The van der Waals surface area contributed by atoms with E-state index in [9.17, 15) is 0 Å². The maximum Gasteiger partial charge on any atom is 0.0857 e. The Bertz CT molecular complexity index is 668. The fourth-order valence-corrected chi connectivity index (χ4v) is 2.40. The molecule has 3 rings (SSSR count). The number of fused-ring (bicyclic) bond motifs is 1. The maximum absolute atomic E-state index is 4.41. The highest BCUT2D eigenvalue weighted by Crippen LogP contribution is 2.17. The number of aryl methyl sites for hydroxylation is 1. The number of halogens is 1. The molecular formula is C12H11IN4. The molecule has 0 aliphatic carbocycles. The Kier molecular flexibility index (Phi) is 2.62. The summed E-state index contributed by atoms with van der Waals surface area (Å²) in [5, 5.41) is 9.94. The topological polar surface area (TPSA) is 35.6 Å². The van der Waals surface area contributed by atoms with Crippen LogP contribution in [-0.2, 0) is 13.6 Å². The molecule has 0 aliphatic heterocycles. The zero-order valence-corrected chi connectivity index (χ0v) is 11.5. The van der Waals surface area contributed by atoms with Crippen molar-refractivity contribution in [2.45, 2.75) is 6.54 Å². The quantitative estimate of drug-likeness (QED) is 0.673. The molecule has 86 valence electrons. The molecule has 0 amide bonds. The van der Waals surface area contributed by atoms with E-state index < -0.39 is 0 Å². The Labute approximate surface area is 112 Å². The van der Waals surface area contributed by atoms with Gasteiger partial charge in [-0.05, 0) is 46.9 Å². The molecule has 0 radical (unpaired) electrons. The predicted octanol–water partition coefficient (Wildman–Crippen LogP) is 2.42. The molecule has 0 atom stereocenters. The summed E-state index contributed by atoms with van der Waals surface area (Å²) < 4.78 is 5.02. The van der Waals surface area contributed by atoms with Crippen molar-refractivity contribution < 1.29 is 0 Å². The molecule has 0 unspecified atom stereocenters. The molecule has 2 aromatic heterocycles. The van der Waals surface area contributed by atoms with Crippen LogP contribution >= 0.6 is 22.6 Å². The largest absolute Gasteiger partial charge is 0.275 e. The first-order valence-corrected chi connectivity index (χ1v) is 6.40. The third-order valence-corrected chi connectivity index (χ3v) is 3.36. The molecule has 0 N–H and O–H groups in total. The summed E-state index contributed by atoms with van der Waals surface area (Å²) in [7, 11) is 1.92. The van der Waals surface area contributed by atoms with Gasteiger partial charge in [-0.15, -0.1) is 0 Å². The van der Waals surface area contributed by atoms with Gasteiger partial charge in [0.25, 0.3) is 0 Å². The minimum absolute atomic E-state index is 0.713. The van der Waals surface area contributed by atoms with Gasteiger partial charge < -0.3 is 0 Å². The number of hydrogen-bond acceptors (Lipinski definition) is 2. The van der Waals surface area contributed by atoms with Crippen LogP contribution in [0.1, 0.15) is 5.69 Å². The van der Waals surface area contributed by atoms with Crippen LogP contribution in [0.3, 0.4) is 0 Å². The van der Waals surface area contributed by atoms with Gasteiger partial charge >= 0.3 is 0 Å². The minimum atomic E-state index is 0.713. The van der Waals surface area contributed by atoms with Crippen molar-refractivity contribution in [2.75, 3.05) is 0 Å². The van der Waals surface area contributed by atoms with Crippen molar-refractivity contribution in [3.63, 3.8) is 0 Å². The van der Waals surface area contributed by atoms with E-state index in [0.29, 0.717) is 6.54 Å². The summed E-state index contributed by atoms with van der Waals surface area (Å²) in [6, 6.07) is 8.35. The lowest BCUT2D eigenvalue weighted by atomic mass is 10.2. The highest BCUT2D eigenvalue weighted by molar-refractivity contribution is 14.1. The van der Waals surface area contributed by atoms with Crippen molar-refractivity contribution in [3.8, 4) is 0 Å². The SMILES string of the molecule is Cn1ccc(Cn2ncc3cc(I)ccc32)n1. The summed E-state index contributed by atoms with van der Waals surface area (Å²) in [6.07, 6.45) is 3.85. The lowest BCUT2D eigenvalue weighted by Gasteiger charge is -2.00. The van der Waals surface area contributed by atoms with Gasteiger partial charge in [-0.2, -0.15) is 10.2 Å². The molecule has 0 fully saturated rings. The van der Waals surface area contributed by atoms with Gasteiger partial charge in [0.2, 0.25) is 0 Å². The second-order valence-corrected chi connectivity index (χ2v) is 5.23. The maximum atomic E-state index is 4.41. The number of nitrogens with zero attached hydrogens (tertiary/aromatic N) is 4. The van der Waals surface area contributed by atoms with Crippen molar-refractivity contribution in [2.24, 2.45) is 7.05 Å². The Morgan fingerprint density at radius 3 is 2.94 bits per heavy atom. The van der Waals surface area contributed by atoms with Crippen LogP contribution in [0.2, 0.25) is 0 Å². The first-order valence-electron chi connectivity index (χ1n) is 5.32. The van der Waals surface area contributed by atoms with Crippen molar-refractivity contribution in [1.82, 2.24) is 19.6 Å². The van der Waals surface area contributed by atoms with Crippen LogP contribution in [-0.4, -0.2) is 19.6 Å². The minimum Gasteiger partial charge on any atom is -0.275 e. The molecule has 0 spiro atoms. The van der Waals surface area contributed by atoms with Crippen molar-refractivity contribution in [3.05, 3.63) is 45.9 Å². The number of hydrogen-bond donors (Lipinski definition) is 0. The van der Waals surface area contributed by atoms with Crippen LogP contribution in [0.15, 0.2) is 36.7 Å². The second kappa shape index (κ2) is 4.14. The Hall–Kier alpha value is -1.37. The van der Waals surface area contributed by atoms with Crippen LogP contribution in [0.25, 0.3) is 10.9 Å². The molecule has 2 heterocycles. The van der Waals surface area contributed by atoms with E-state index in [4.69, 9.17) is 0 Å². The number of aromatic nitrogens is 4. The summed E-state index contributed by atoms with van der Waals surface area (Å²) in [4.78, 5) is 0. The Morgan fingerprint density at radius 2 is 2.18 bits per heavy atom. The lowest BCUT2D eigenvalue weighted by Crippen LogP contribution is -2.02. The summed E-state index contributed by atoms with van der Waals surface area (Å²) in [5.41, 5.74) is 2.17. The predicted molar refractivity (Wildman–Crippen MR) is 74.8 cm³/mol. The molecule has 0 saturated heterocycles. The van der Waals surface area contributed by atoms with Gasteiger partial charge in [-0.1, -0.05) is 0 Å². The van der Waals surface area contributed by atoms with Gasteiger partial charge in [0.1, 0.15) is 0 Å². The second-order valence-electron chi connectivity index (χ2n) is 3.99. The Balaban J connectivity index is 2.00. The summed E-state index contributed by atoms with van der Waals surface area (Å²) in [5.74, 6) is 0. The van der Waals surface area contributed by atoms with Crippen LogP contribution in [0.4, 0.5) is 0 Å². The Morgan fingerprint density at radius 1 is 1.29 bits per heavy atom. The van der Waals surface area contributed by atoms with Crippen LogP contribution in [0, 0.1) is 3.57 Å². The van der Waals surface area contributed by atoms with E-state index in [2.05, 4.69) is 51.0 Å². The van der Waals surface area contributed by atoms with Crippen molar-refractivity contribution in [1.29, 1.82) is 0 Å². The average molecular weight is 338 g/mol. The van der Waals surface area contributed by atoms with E-state index in [-0.39, 0.29) is 0 Å². The highest BCUT2D eigenvalue weighted by atomic mass is 127. The van der Waals surface area contributed by atoms with Gasteiger partial charge in [0.05, 0.1) is 24.0 Å². The monoisotopic (exact) mass is 338 g/mol. The average Bonchev–Trinajstić information content (AvgIpc) is 2.86. The third kappa shape index (κ3) is 2.06. The fourth-order valence-electron chi connectivity index (χ4n) is 1.88. The van der Waals surface area contributed by atoms with Crippen LogP contribution < -0.4 is 0 Å². The number of benzene rings is 1. The zero-order valence-electron chi connectivity index (χ0n) is 9.34. The standard InChI is InChI=1S/C12H11IN4/c1-16-5-4-11(15-16)8-17-12-3-2-10(13)6-9(12)7-14-17/h2-7H,8H2,1H3. The van der Waals surface area contributed by atoms with Crippen LogP contribution in [0.5, 0.6) is 0 Å². The molecule has 4 nitrogen and oxygen atoms in total. The third-order valence-electron chi connectivity index (χ3n) is 2.68. The first kappa shape index (κ1) is 10.8. The first-order chi connectivity index (χ1) is 8.22. The molecule has 0 bridgehead atoms. The molecule has 3 aromatic rings. The van der Waals surface area contributed by atoms with Gasteiger partial charge in [-0.3, -0.25) is 9.36 Å². The van der Waals surface area contributed by atoms with Gasteiger partial charge in [-0.25, -0.2) is 0 Å². The molecule has 17 heavy (non-hydrogen) atoms. The van der Waals surface area contributed by atoms with E-state index in [0.717, 1.165) is 11.2 Å². The molecule has 5 heteroatoms. The van der Waals surface area contributed by atoms with E-state index in [1.807, 2.05) is 34.9 Å². The highest BCUT2D eigenvalue weighted by Gasteiger charge is 2.05.